The first kappa shape index (κ1) is 13.1. The van der Waals surface area contributed by atoms with Crippen LogP contribution in [0.4, 0.5) is 15.8 Å². The molecular formula is C13H15FN4O. The molecule has 3 N–H and O–H groups in total. The quantitative estimate of drug-likeness (QED) is 0.833. The van der Waals surface area contributed by atoms with Gasteiger partial charge in [-0.05, 0) is 38.1 Å². The van der Waals surface area contributed by atoms with Crippen LogP contribution >= 0.6 is 0 Å². The molecule has 0 atom stereocenters. The summed E-state index contributed by atoms with van der Waals surface area (Å²) in [5, 5.41) is 6.86. The van der Waals surface area contributed by atoms with E-state index in [-0.39, 0.29) is 11.6 Å². The summed E-state index contributed by atoms with van der Waals surface area (Å²) in [7, 11) is 0. The summed E-state index contributed by atoms with van der Waals surface area (Å²) in [6.07, 6.45) is 0. The fraction of sp³-hybridized carbons (Fsp3) is 0.231. The van der Waals surface area contributed by atoms with E-state index in [4.69, 9.17) is 5.73 Å². The van der Waals surface area contributed by atoms with E-state index >= 15 is 0 Å². The number of carbonyl (C=O) groups is 1. The van der Waals surface area contributed by atoms with Gasteiger partial charge in [0.05, 0.1) is 11.4 Å². The molecule has 0 saturated heterocycles. The lowest BCUT2D eigenvalue weighted by atomic mass is 10.2. The van der Waals surface area contributed by atoms with Crippen molar-refractivity contribution < 1.29 is 9.18 Å². The number of nitrogens with one attached hydrogen (secondary N) is 1. The van der Waals surface area contributed by atoms with Gasteiger partial charge in [0.1, 0.15) is 11.5 Å². The third kappa shape index (κ3) is 2.73. The highest BCUT2D eigenvalue weighted by Crippen LogP contribution is 2.17. The fourth-order valence-electron chi connectivity index (χ4n) is 1.79. The van der Waals surface area contributed by atoms with Gasteiger partial charge in [-0.25, -0.2) is 4.39 Å². The lowest BCUT2D eigenvalue weighted by molar-refractivity contribution is 0.101. The van der Waals surface area contributed by atoms with Gasteiger partial charge in [0.2, 0.25) is 0 Å². The summed E-state index contributed by atoms with van der Waals surface area (Å²) < 4.78 is 14.6. The molecule has 2 aromatic rings. The first-order valence-electron chi connectivity index (χ1n) is 5.92. The van der Waals surface area contributed by atoms with Gasteiger partial charge in [-0.15, -0.1) is 0 Å². The molecule has 0 aliphatic rings. The number of hydrogen-bond acceptors (Lipinski definition) is 3. The van der Waals surface area contributed by atoms with Gasteiger partial charge in [0, 0.05) is 12.2 Å². The molecule has 0 spiro atoms. The average Bonchev–Trinajstić information content (AvgIpc) is 2.75. The lowest BCUT2D eigenvalue weighted by Crippen LogP contribution is -2.17. The van der Waals surface area contributed by atoms with E-state index in [0.717, 1.165) is 5.69 Å². The Balaban J connectivity index is 2.22. The summed E-state index contributed by atoms with van der Waals surface area (Å²) in [6, 6.07) is 5.76. The summed E-state index contributed by atoms with van der Waals surface area (Å²) in [5.74, 6) is -0.805. The Labute approximate surface area is 110 Å². The predicted octanol–water partition coefficient (Wildman–Crippen LogP) is 2.19. The van der Waals surface area contributed by atoms with Gasteiger partial charge in [-0.1, -0.05) is 0 Å². The number of rotatable bonds is 3. The molecule has 0 fully saturated rings. The Morgan fingerprint density at radius 1 is 1.47 bits per heavy atom. The van der Waals surface area contributed by atoms with Crippen LogP contribution in [0, 0.1) is 12.7 Å². The zero-order chi connectivity index (χ0) is 14.0. The van der Waals surface area contributed by atoms with E-state index in [9.17, 15) is 9.18 Å². The van der Waals surface area contributed by atoms with Gasteiger partial charge >= 0.3 is 0 Å². The molecule has 19 heavy (non-hydrogen) atoms. The maximum absolute atomic E-state index is 13.0. The molecule has 0 radical (unpaired) electrons. The van der Waals surface area contributed by atoms with Crippen LogP contribution in [0.2, 0.25) is 0 Å². The lowest BCUT2D eigenvalue weighted by Gasteiger charge is -2.07. The number of benzene rings is 1. The molecule has 0 saturated carbocycles. The molecule has 1 heterocycles. The molecule has 1 amide bonds. The van der Waals surface area contributed by atoms with Gasteiger partial charge < -0.3 is 11.1 Å². The summed E-state index contributed by atoms with van der Waals surface area (Å²) in [5.41, 5.74) is 7.13. The second-order valence-electron chi connectivity index (χ2n) is 4.18. The van der Waals surface area contributed by atoms with Crippen molar-refractivity contribution in [3.05, 3.63) is 41.5 Å². The molecule has 2 rings (SSSR count). The van der Waals surface area contributed by atoms with Gasteiger partial charge in [0.15, 0.2) is 0 Å². The monoisotopic (exact) mass is 262 g/mol. The number of amides is 1. The molecule has 0 aliphatic heterocycles. The molecule has 5 nitrogen and oxygen atoms in total. The standard InChI is InChI=1S/C13H15FN4O/c1-3-18-12(6-8(2)17-18)13(19)16-9-4-5-10(14)11(15)7-9/h4-7H,3,15H2,1-2H3,(H,16,19). The van der Waals surface area contributed by atoms with Crippen LogP contribution in [0.1, 0.15) is 23.1 Å². The van der Waals surface area contributed by atoms with Crippen LogP contribution < -0.4 is 11.1 Å². The third-order valence-electron chi connectivity index (χ3n) is 2.69. The number of aromatic nitrogens is 2. The smallest absolute Gasteiger partial charge is 0.273 e. The number of halogens is 1. The van der Waals surface area contributed by atoms with E-state index in [0.29, 0.717) is 17.9 Å². The highest BCUT2D eigenvalue weighted by molar-refractivity contribution is 6.03. The van der Waals surface area contributed by atoms with E-state index in [1.165, 1.54) is 18.2 Å². The Morgan fingerprint density at radius 3 is 2.84 bits per heavy atom. The molecule has 6 heteroatoms. The zero-order valence-electron chi connectivity index (χ0n) is 10.8. The minimum Gasteiger partial charge on any atom is -0.396 e. The fourth-order valence-corrected chi connectivity index (χ4v) is 1.79. The van der Waals surface area contributed by atoms with E-state index in [2.05, 4.69) is 10.4 Å². The topological polar surface area (TPSA) is 72.9 Å². The maximum atomic E-state index is 13.0. The Hall–Kier alpha value is -2.37. The minimum absolute atomic E-state index is 0.00187. The first-order chi connectivity index (χ1) is 9.01. The Bertz CT molecular complexity index is 621. The summed E-state index contributed by atoms with van der Waals surface area (Å²) in [4.78, 5) is 12.1. The minimum atomic E-state index is -0.507. The van der Waals surface area contributed by atoms with Crippen molar-refractivity contribution in [2.24, 2.45) is 0 Å². The number of nitrogen functional groups attached to an aromatic ring is 1. The molecule has 0 unspecified atom stereocenters. The van der Waals surface area contributed by atoms with Crippen LogP contribution in [-0.2, 0) is 6.54 Å². The van der Waals surface area contributed by atoms with Crippen molar-refractivity contribution in [3.8, 4) is 0 Å². The molecule has 100 valence electrons. The van der Waals surface area contributed by atoms with Crippen molar-refractivity contribution in [1.29, 1.82) is 0 Å². The van der Waals surface area contributed by atoms with Crippen molar-refractivity contribution in [3.63, 3.8) is 0 Å². The maximum Gasteiger partial charge on any atom is 0.273 e. The van der Waals surface area contributed by atoms with Crippen molar-refractivity contribution in [2.45, 2.75) is 20.4 Å². The SMILES string of the molecule is CCn1nc(C)cc1C(=O)Nc1ccc(F)c(N)c1. The average molecular weight is 262 g/mol. The van der Waals surface area contributed by atoms with Crippen LogP contribution in [0.15, 0.2) is 24.3 Å². The largest absolute Gasteiger partial charge is 0.396 e. The van der Waals surface area contributed by atoms with Gasteiger partial charge in [-0.3, -0.25) is 9.48 Å². The number of nitrogens with zero attached hydrogens (tertiary/aromatic N) is 2. The zero-order valence-corrected chi connectivity index (χ0v) is 10.8. The molecule has 0 bridgehead atoms. The van der Waals surface area contributed by atoms with E-state index < -0.39 is 5.82 Å². The van der Waals surface area contributed by atoms with Gasteiger partial charge in [-0.2, -0.15) is 5.10 Å². The predicted molar refractivity (Wildman–Crippen MR) is 71.4 cm³/mol. The third-order valence-corrected chi connectivity index (χ3v) is 2.69. The van der Waals surface area contributed by atoms with Crippen LogP contribution in [-0.4, -0.2) is 15.7 Å². The summed E-state index contributed by atoms with van der Waals surface area (Å²) >= 11 is 0. The number of carbonyl (C=O) groups excluding carboxylic acids is 1. The van der Waals surface area contributed by atoms with E-state index in [1.807, 2.05) is 13.8 Å². The second kappa shape index (κ2) is 5.09. The number of nitrogens with two attached hydrogens (primary N) is 1. The summed E-state index contributed by atoms with van der Waals surface area (Å²) in [6.45, 7) is 4.32. The van der Waals surface area contributed by atoms with Gasteiger partial charge in [0.25, 0.3) is 5.91 Å². The molecule has 0 aliphatic carbocycles. The van der Waals surface area contributed by atoms with Crippen LogP contribution in [0.25, 0.3) is 0 Å². The Kier molecular flexibility index (Phi) is 3.50. The number of anilines is 2. The first-order valence-corrected chi connectivity index (χ1v) is 5.92. The van der Waals surface area contributed by atoms with Crippen LogP contribution in [0.3, 0.4) is 0 Å². The molecule has 1 aromatic carbocycles. The van der Waals surface area contributed by atoms with Crippen molar-refractivity contribution >= 4 is 17.3 Å². The van der Waals surface area contributed by atoms with Crippen LogP contribution in [0.5, 0.6) is 0 Å². The normalized spacial score (nSPS) is 10.5. The van der Waals surface area contributed by atoms with Crippen molar-refractivity contribution in [2.75, 3.05) is 11.1 Å². The highest BCUT2D eigenvalue weighted by Gasteiger charge is 2.13. The Morgan fingerprint density at radius 2 is 2.21 bits per heavy atom. The number of hydrogen-bond donors (Lipinski definition) is 2. The molecule has 1 aromatic heterocycles. The van der Waals surface area contributed by atoms with Crippen molar-refractivity contribution in [1.82, 2.24) is 9.78 Å². The number of aryl methyl sites for hydroxylation is 2. The highest BCUT2D eigenvalue weighted by atomic mass is 19.1. The molecular weight excluding hydrogens is 247 g/mol. The second-order valence-corrected chi connectivity index (χ2v) is 4.18. The van der Waals surface area contributed by atoms with E-state index in [1.54, 1.807) is 10.7 Å².